The van der Waals surface area contributed by atoms with Gasteiger partial charge in [0.2, 0.25) is 10.0 Å². The molecule has 1 aromatic heterocycles. The largest absolute Gasteiger partial charge is 0.242 e. The maximum Gasteiger partial charge on any atom is 0.242 e. The molecule has 1 aromatic rings. The van der Waals surface area contributed by atoms with Crippen LogP contribution in [0.4, 0.5) is 0 Å². The van der Waals surface area contributed by atoms with E-state index in [1.165, 1.54) is 13.8 Å². The molecule has 6 nitrogen and oxygen atoms in total. The van der Waals surface area contributed by atoms with E-state index in [9.17, 15) is 16.8 Å². The number of hydrogen-bond donors (Lipinski definition) is 1. The molecule has 0 saturated heterocycles. The van der Waals surface area contributed by atoms with Crippen molar-refractivity contribution in [2.24, 2.45) is 0 Å². The van der Waals surface area contributed by atoms with Crippen LogP contribution >= 0.6 is 23.2 Å². The predicted molar refractivity (Wildman–Crippen MR) is 78.4 cm³/mol. The Morgan fingerprint density at radius 2 is 1.80 bits per heavy atom. The van der Waals surface area contributed by atoms with Crippen LogP contribution in [0.3, 0.4) is 0 Å². The summed E-state index contributed by atoms with van der Waals surface area (Å²) < 4.78 is 48.1. The minimum absolute atomic E-state index is 0.00286. The van der Waals surface area contributed by atoms with Crippen molar-refractivity contribution in [2.75, 3.05) is 12.8 Å². The lowest BCUT2D eigenvalue weighted by molar-refractivity contribution is 0.537. The van der Waals surface area contributed by atoms with Gasteiger partial charge in [-0.1, -0.05) is 23.2 Å². The van der Waals surface area contributed by atoms with Crippen LogP contribution in [0.1, 0.15) is 13.8 Å². The second-order valence-electron chi connectivity index (χ2n) is 4.80. The van der Waals surface area contributed by atoms with Crippen molar-refractivity contribution in [1.82, 2.24) is 9.71 Å². The first-order valence-electron chi connectivity index (χ1n) is 5.37. The Bertz CT molecular complexity index is 715. The van der Waals surface area contributed by atoms with Gasteiger partial charge in [0.25, 0.3) is 0 Å². The van der Waals surface area contributed by atoms with Gasteiger partial charge in [-0.2, -0.15) is 0 Å². The molecule has 0 atom stereocenters. The van der Waals surface area contributed by atoms with Crippen molar-refractivity contribution in [3.05, 3.63) is 22.4 Å². The standard InChI is InChI=1S/C10H14Cl2N2O4S2/c1-10(2,19(3,15)16)6-14-20(17,18)7-4-8(11)9(12)13-5-7/h4-5,14H,6H2,1-3H3. The molecule has 0 aliphatic carbocycles. The Hall–Kier alpha value is -0.410. The van der Waals surface area contributed by atoms with Crippen LogP contribution in [-0.4, -0.2) is 39.4 Å². The van der Waals surface area contributed by atoms with Gasteiger partial charge < -0.3 is 0 Å². The van der Waals surface area contributed by atoms with Crippen molar-refractivity contribution in [3.63, 3.8) is 0 Å². The van der Waals surface area contributed by atoms with Crippen molar-refractivity contribution in [3.8, 4) is 0 Å². The SMILES string of the molecule is CC(C)(CNS(=O)(=O)c1cnc(Cl)c(Cl)c1)S(C)(=O)=O. The van der Waals surface area contributed by atoms with Crippen molar-refractivity contribution in [1.29, 1.82) is 0 Å². The molecule has 0 unspecified atom stereocenters. The number of pyridine rings is 1. The zero-order chi connectivity index (χ0) is 15.8. The molecule has 10 heteroatoms. The highest BCUT2D eigenvalue weighted by Gasteiger charge is 2.32. The molecule has 0 fully saturated rings. The molecule has 1 heterocycles. The third-order valence-electron chi connectivity index (χ3n) is 2.77. The Morgan fingerprint density at radius 1 is 1.25 bits per heavy atom. The van der Waals surface area contributed by atoms with Gasteiger partial charge in [0, 0.05) is 19.0 Å². The average molecular weight is 361 g/mol. The molecule has 0 spiro atoms. The number of aromatic nitrogens is 1. The van der Waals surface area contributed by atoms with Gasteiger partial charge in [-0.05, 0) is 19.9 Å². The Morgan fingerprint density at radius 3 is 2.25 bits per heavy atom. The third kappa shape index (κ3) is 4.05. The number of halogens is 2. The number of nitrogens with zero attached hydrogens (tertiary/aromatic N) is 1. The highest BCUT2D eigenvalue weighted by molar-refractivity contribution is 7.92. The molecule has 0 bridgehead atoms. The second-order valence-corrected chi connectivity index (χ2v) is 9.98. The molecule has 0 aliphatic heterocycles. The zero-order valence-corrected chi connectivity index (χ0v) is 14.2. The number of nitrogens with one attached hydrogen (secondary N) is 1. The number of sulfonamides is 1. The first-order chi connectivity index (χ1) is 8.87. The Kier molecular flexibility index (Phi) is 5.08. The van der Waals surface area contributed by atoms with Crippen LogP contribution < -0.4 is 4.72 Å². The molecule has 1 N–H and O–H groups in total. The summed E-state index contributed by atoms with van der Waals surface area (Å²) in [6, 6.07) is 1.15. The van der Waals surface area contributed by atoms with E-state index in [1.54, 1.807) is 0 Å². The normalized spacial score (nSPS) is 13.4. The molecule has 0 aliphatic rings. The van der Waals surface area contributed by atoms with Crippen LogP contribution in [0.2, 0.25) is 10.2 Å². The van der Waals surface area contributed by atoms with Crippen LogP contribution in [0.15, 0.2) is 17.2 Å². The van der Waals surface area contributed by atoms with E-state index in [4.69, 9.17) is 23.2 Å². The lowest BCUT2D eigenvalue weighted by atomic mass is 10.2. The van der Waals surface area contributed by atoms with E-state index < -0.39 is 24.6 Å². The third-order valence-corrected chi connectivity index (χ3v) is 6.98. The summed E-state index contributed by atoms with van der Waals surface area (Å²) in [5, 5.41) is -0.0148. The monoisotopic (exact) mass is 360 g/mol. The van der Waals surface area contributed by atoms with Crippen LogP contribution in [-0.2, 0) is 19.9 Å². The molecular weight excluding hydrogens is 347 g/mol. The Balaban J connectivity index is 3.00. The van der Waals surface area contributed by atoms with Crippen LogP contribution in [0.25, 0.3) is 0 Å². The van der Waals surface area contributed by atoms with Gasteiger partial charge in [0.1, 0.15) is 10.0 Å². The molecule has 0 radical (unpaired) electrons. The molecule has 0 aromatic carbocycles. The zero-order valence-electron chi connectivity index (χ0n) is 11.0. The van der Waals surface area contributed by atoms with Crippen molar-refractivity contribution in [2.45, 2.75) is 23.5 Å². The molecule has 1 rings (SSSR count). The summed E-state index contributed by atoms with van der Waals surface area (Å²) in [7, 11) is -7.32. The van der Waals surface area contributed by atoms with Gasteiger partial charge in [0.05, 0.1) is 9.77 Å². The van der Waals surface area contributed by atoms with Gasteiger partial charge in [0.15, 0.2) is 9.84 Å². The summed E-state index contributed by atoms with van der Waals surface area (Å²) in [6.07, 6.45) is 2.09. The van der Waals surface area contributed by atoms with E-state index in [2.05, 4.69) is 9.71 Å². The van der Waals surface area contributed by atoms with E-state index in [-0.39, 0.29) is 21.6 Å². The lowest BCUT2D eigenvalue weighted by Crippen LogP contribution is -2.43. The van der Waals surface area contributed by atoms with Gasteiger partial charge >= 0.3 is 0 Å². The minimum Gasteiger partial charge on any atom is -0.242 e. The average Bonchev–Trinajstić information content (AvgIpc) is 2.29. The predicted octanol–water partition coefficient (Wildman–Crippen LogP) is 1.49. The summed E-state index contributed by atoms with van der Waals surface area (Å²) in [5.41, 5.74) is 0. The number of rotatable bonds is 5. The lowest BCUT2D eigenvalue weighted by Gasteiger charge is -2.22. The molecule has 20 heavy (non-hydrogen) atoms. The van der Waals surface area contributed by atoms with E-state index in [0.717, 1.165) is 18.5 Å². The maximum absolute atomic E-state index is 12.0. The second kappa shape index (κ2) is 5.76. The highest BCUT2D eigenvalue weighted by Crippen LogP contribution is 2.22. The van der Waals surface area contributed by atoms with Gasteiger partial charge in [-0.15, -0.1) is 0 Å². The fourth-order valence-electron chi connectivity index (χ4n) is 1.03. The molecule has 114 valence electrons. The topological polar surface area (TPSA) is 93.2 Å². The minimum atomic E-state index is -3.91. The fraction of sp³-hybridized carbons (Fsp3) is 0.500. The van der Waals surface area contributed by atoms with Crippen LogP contribution in [0, 0.1) is 0 Å². The number of sulfone groups is 1. The van der Waals surface area contributed by atoms with E-state index >= 15 is 0 Å². The van der Waals surface area contributed by atoms with Crippen molar-refractivity contribution < 1.29 is 16.8 Å². The fourth-order valence-corrected chi connectivity index (χ4v) is 2.98. The Labute approximate surface area is 128 Å². The number of hydrogen-bond acceptors (Lipinski definition) is 5. The summed E-state index contributed by atoms with van der Waals surface area (Å²) in [4.78, 5) is 3.45. The first kappa shape index (κ1) is 17.6. The van der Waals surface area contributed by atoms with Gasteiger partial charge in [-0.25, -0.2) is 26.5 Å². The highest BCUT2D eigenvalue weighted by atomic mass is 35.5. The van der Waals surface area contributed by atoms with E-state index in [0.29, 0.717) is 0 Å². The molecule has 0 amide bonds. The summed E-state index contributed by atoms with van der Waals surface area (Å²) in [6.45, 7) is 2.59. The molecular formula is C10H14Cl2N2O4S2. The van der Waals surface area contributed by atoms with Gasteiger partial charge in [-0.3, -0.25) is 0 Å². The summed E-state index contributed by atoms with van der Waals surface area (Å²) >= 11 is 11.3. The quantitative estimate of drug-likeness (QED) is 0.802. The van der Waals surface area contributed by atoms with Crippen molar-refractivity contribution >= 4 is 43.1 Å². The molecule has 0 saturated carbocycles. The maximum atomic E-state index is 12.0. The summed E-state index contributed by atoms with van der Waals surface area (Å²) in [5.74, 6) is 0. The first-order valence-corrected chi connectivity index (χ1v) is 9.50. The smallest absolute Gasteiger partial charge is 0.242 e. The van der Waals surface area contributed by atoms with Crippen LogP contribution in [0.5, 0.6) is 0 Å². The van der Waals surface area contributed by atoms with E-state index in [1.807, 2.05) is 0 Å².